The fraction of sp³-hybridized carbons (Fsp3) is 0.292. The third kappa shape index (κ3) is 6.74. The number of amides is 1. The SMILES string of the molecule is C=CCn1c(CSCc2ccc(C)cc2)nnc1SCC(=O)Nc1cc(C)ccc1C. The van der Waals surface area contributed by atoms with E-state index in [-0.39, 0.29) is 11.7 Å². The molecule has 0 aliphatic carbocycles. The number of aromatic nitrogens is 3. The third-order valence-electron chi connectivity index (χ3n) is 4.73. The van der Waals surface area contributed by atoms with Crippen molar-refractivity contribution in [2.24, 2.45) is 0 Å². The van der Waals surface area contributed by atoms with Gasteiger partial charge in [0.25, 0.3) is 0 Å². The smallest absolute Gasteiger partial charge is 0.234 e. The van der Waals surface area contributed by atoms with Gasteiger partial charge in [0.05, 0.1) is 11.5 Å². The van der Waals surface area contributed by atoms with E-state index >= 15 is 0 Å². The highest BCUT2D eigenvalue weighted by Gasteiger charge is 2.14. The molecular weight excluding hydrogens is 424 g/mol. The van der Waals surface area contributed by atoms with Crippen LogP contribution < -0.4 is 5.32 Å². The fourth-order valence-electron chi connectivity index (χ4n) is 2.98. The number of hydrogen-bond donors (Lipinski definition) is 1. The van der Waals surface area contributed by atoms with Gasteiger partial charge in [0, 0.05) is 18.0 Å². The number of carbonyl (C=O) groups is 1. The van der Waals surface area contributed by atoms with E-state index in [2.05, 4.69) is 53.3 Å². The molecule has 0 aliphatic rings. The van der Waals surface area contributed by atoms with Gasteiger partial charge in [0.2, 0.25) is 5.91 Å². The number of rotatable bonds is 10. The van der Waals surface area contributed by atoms with Crippen LogP contribution in [0.1, 0.15) is 28.1 Å². The number of aryl methyl sites for hydroxylation is 3. The Kier molecular flexibility index (Phi) is 8.37. The topological polar surface area (TPSA) is 59.8 Å². The van der Waals surface area contributed by atoms with Gasteiger partial charge >= 0.3 is 0 Å². The average molecular weight is 453 g/mol. The van der Waals surface area contributed by atoms with E-state index in [0.29, 0.717) is 6.54 Å². The maximum absolute atomic E-state index is 12.5. The molecule has 0 unspecified atom stereocenters. The van der Waals surface area contributed by atoms with Crippen LogP contribution >= 0.6 is 23.5 Å². The van der Waals surface area contributed by atoms with E-state index in [4.69, 9.17) is 0 Å². The van der Waals surface area contributed by atoms with E-state index in [1.807, 2.05) is 42.7 Å². The van der Waals surface area contributed by atoms with Crippen molar-refractivity contribution in [3.8, 4) is 0 Å². The Labute approximate surface area is 192 Å². The summed E-state index contributed by atoms with van der Waals surface area (Å²) in [6, 6.07) is 14.6. The summed E-state index contributed by atoms with van der Waals surface area (Å²) in [7, 11) is 0. The van der Waals surface area contributed by atoms with Gasteiger partial charge in [-0.1, -0.05) is 59.8 Å². The Balaban J connectivity index is 1.57. The molecule has 162 valence electrons. The minimum atomic E-state index is -0.0536. The van der Waals surface area contributed by atoms with Crippen molar-refractivity contribution in [1.29, 1.82) is 0 Å². The molecule has 5 nitrogen and oxygen atoms in total. The van der Waals surface area contributed by atoms with Gasteiger partial charge in [0.1, 0.15) is 5.82 Å². The molecule has 2 aromatic carbocycles. The van der Waals surface area contributed by atoms with Crippen LogP contribution in [0.2, 0.25) is 0 Å². The number of hydrogen-bond acceptors (Lipinski definition) is 5. The normalized spacial score (nSPS) is 10.8. The molecule has 1 heterocycles. The first-order valence-electron chi connectivity index (χ1n) is 10.1. The minimum absolute atomic E-state index is 0.0536. The van der Waals surface area contributed by atoms with Crippen molar-refractivity contribution in [2.45, 2.75) is 44.0 Å². The maximum atomic E-state index is 12.5. The lowest BCUT2D eigenvalue weighted by Crippen LogP contribution is -2.15. The molecule has 31 heavy (non-hydrogen) atoms. The number of carbonyl (C=O) groups excluding carboxylic acids is 1. The second-order valence-corrected chi connectivity index (χ2v) is 9.36. The van der Waals surface area contributed by atoms with Gasteiger partial charge in [-0.2, -0.15) is 0 Å². The molecule has 1 aromatic heterocycles. The van der Waals surface area contributed by atoms with Crippen LogP contribution in [0.4, 0.5) is 5.69 Å². The second kappa shape index (κ2) is 11.2. The van der Waals surface area contributed by atoms with E-state index < -0.39 is 0 Å². The Hall–Kier alpha value is -2.51. The quantitative estimate of drug-likeness (QED) is 0.323. The zero-order valence-electron chi connectivity index (χ0n) is 18.2. The van der Waals surface area contributed by atoms with Gasteiger partial charge < -0.3 is 9.88 Å². The molecule has 7 heteroatoms. The Morgan fingerprint density at radius 1 is 1.06 bits per heavy atom. The van der Waals surface area contributed by atoms with E-state index in [1.54, 1.807) is 11.8 Å². The van der Waals surface area contributed by atoms with Gasteiger partial charge in [0.15, 0.2) is 5.16 Å². The standard InChI is InChI=1S/C24H28N4OS2/c1-5-12-28-22(15-30-14-20-10-7-17(2)8-11-20)26-27-24(28)31-16-23(29)25-21-13-18(3)6-9-19(21)4/h5-11,13H,1,12,14-16H2,2-4H3,(H,25,29). The van der Waals surface area contributed by atoms with Crippen molar-refractivity contribution in [3.05, 3.63) is 83.2 Å². The second-order valence-electron chi connectivity index (χ2n) is 7.43. The summed E-state index contributed by atoms with van der Waals surface area (Å²) in [5, 5.41) is 12.4. The average Bonchev–Trinajstić information content (AvgIpc) is 3.12. The van der Waals surface area contributed by atoms with Crippen molar-refractivity contribution in [1.82, 2.24) is 14.8 Å². The predicted molar refractivity (Wildman–Crippen MR) is 132 cm³/mol. The Morgan fingerprint density at radius 2 is 1.81 bits per heavy atom. The third-order valence-corrected chi connectivity index (χ3v) is 6.69. The van der Waals surface area contributed by atoms with E-state index in [0.717, 1.165) is 39.3 Å². The first-order chi connectivity index (χ1) is 15.0. The zero-order chi connectivity index (χ0) is 22.2. The highest BCUT2D eigenvalue weighted by molar-refractivity contribution is 7.99. The highest BCUT2D eigenvalue weighted by atomic mass is 32.2. The first kappa shape index (κ1) is 23.2. The van der Waals surface area contributed by atoms with Crippen LogP contribution in [0.25, 0.3) is 0 Å². The van der Waals surface area contributed by atoms with Gasteiger partial charge in [-0.25, -0.2) is 0 Å². The van der Waals surface area contributed by atoms with Gasteiger partial charge in [-0.05, 0) is 43.5 Å². The molecule has 0 spiro atoms. The van der Waals surface area contributed by atoms with E-state index in [1.165, 1.54) is 22.9 Å². The molecule has 3 rings (SSSR count). The van der Waals surface area contributed by atoms with Gasteiger partial charge in [-0.3, -0.25) is 4.79 Å². The van der Waals surface area contributed by atoms with Crippen LogP contribution in [0, 0.1) is 20.8 Å². The molecule has 0 saturated heterocycles. The molecule has 0 radical (unpaired) electrons. The van der Waals surface area contributed by atoms with Crippen molar-refractivity contribution in [2.75, 3.05) is 11.1 Å². The molecule has 0 atom stereocenters. The number of allylic oxidation sites excluding steroid dienone is 1. The molecule has 1 amide bonds. The molecule has 3 aromatic rings. The molecular formula is C24H28N4OS2. The summed E-state index contributed by atoms with van der Waals surface area (Å²) in [6.07, 6.45) is 1.83. The Bertz CT molecular complexity index is 1040. The lowest BCUT2D eigenvalue weighted by molar-refractivity contribution is -0.113. The lowest BCUT2D eigenvalue weighted by atomic mass is 10.1. The van der Waals surface area contributed by atoms with Crippen molar-refractivity contribution >= 4 is 35.1 Å². The molecule has 0 fully saturated rings. The van der Waals surface area contributed by atoms with Crippen LogP contribution in [-0.2, 0) is 22.8 Å². The Morgan fingerprint density at radius 3 is 2.55 bits per heavy atom. The maximum Gasteiger partial charge on any atom is 0.234 e. The van der Waals surface area contributed by atoms with Crippen LogP contribution in [0.5, 0.6) is 0 Å². The highest BCUT2D eigenvalue weighted by Crippen LogP contribution is 2.23. The molecule has 0 bridgehead atoms. The van der Waals surface area contributed by atoms with E-state index in [9.17, 15) is 4.79 Å². The number of nitrogens with zero attached hydrogens (tertiary/aromatic N) is 3. The monoisotopic (exact) mass is 452 g/mol. The van der Waals surface area contributed by atoms with Crippen LogP contribution in [0.3, 0.4) is 0 Å². The first-order valence-corrected chi connectivity index (χ1v) is 12.3. The zero-order valence-corrected chi connectivity index (χ0v) is 19.9. The summed E-state index contributed by atoms with van der Waals surface area (Å²) >= 11 is 3.20. The molecule has 0 aliphatic heterocycles. The van der Waals surface area contributed by atoms with Gasteiger partial charge in [-0.15, -0.1) is 28.5 Å². The van der Waals surface area contributed by atoms with Crippen LogP contribution in [-0.4, -0.2) is 26.4 Å². The number of anilines is 1. The summed E-state index contributed by atoms with van der Waals surface area (Å²) in [6.45, 7) is 10.6. The summed E-state index contributed by atoms with van der Waals surface area (Å²) in [5.41, 5.74) is 5.58. The molecule has 0 saturated carbocycles. The molecule has 1 N–H and O–H groups in total. The summed E-state index contributed by atoms with van der Waals surface area (Å²) in [4.78, 5) is 12.5. The number of benzene rings is 2. The largest absolute Gasteiger partial charge is 0.325 e. The van der Waals surface area contributed by atoms with Crippen molar-refractivity contribution < 1.29 is 4.79 Å². The number of nitrogens with one attached hydrogen (secondary N) is 1. The number of thioether (sulfide) groups is 2. The van der Waals surface area contributed by atoms with Crippen LogP contribution in [0.15, 0.2) is 60.3 Å². The fourth-order valence-corrected chi connectivity index (χ4v) is 4.67. The minimum Gasteiger partial charge on any atom is -0.325 e. The lowest BCUT2D eigenvalue weighted by Gasteiger charge is -2.10. The summed E-state index contributed by atoms with van der Waals surface area (Å²) in [5.74, 6) is 2.79. The van der Waals surface area contributed by atoms with Crippen molar-refractivity contribution in [3.63, 3.8) is 0 Å². The predicted octanol–water partition coefficient (Wildman–Crippen LogP) is 5.55. The summed E-state index contributed by atoms with van der Waals surface area (Å²) < 4.78 is 2.03.